The van der Waals surface area contributed by atoms with Gasteiger partial charge in [0, 0.05) is 30.3 Å². The number of benzene rings is 2. The molecule has 0 unspecified atom stereocenters. The van der Waals surface area contributed by atoms with E-state index >= 15 is 0 Å². The van der Waals surface area contributed by atoms with Crippen LogP contribution in [0.2, 0.25) is 0 Å². The maximum atomic E-state index is 12.9. The molecule has 2 heterocycles. The molecule has 0 saturated carbocycles. The Morgan fingerprint density at radius 1 is 1.13 bits per heavy atom. The molecule has 7 nitrogen and oxygen atoms in total. The van der Waals surface area contributed by atoms with Crippen LogP contribution in [0.4, 0.5) is 0 Å². The second-order valence-corrected chi connectivity index (χ2v) is 9.19. The minimum atomic E-state index is -3.55. The average Bonchev–Trinajstić information content (AvgIpc) is 3.29. The first kappa shape index (κ1) is 20.1. The third-order valence-electron chi connectivity index (χ3n) is 5.48. The molecular weight excluding hydrogens is 400 g/mol. The van der Waals surface area contributed by atoms with Gasteiger partial charge in [-0.25, -0.2) is 8.42 Å². The van der Waals surface area contributed by atoms with Crippen LogP contribution in [0.15, 0.2) is 59.5 Å². The number of aromatic nitrogens is 2. The second-order valence-electron chi connectivity index (χ2n) is 7.26. The first-order valence-corrected chi connectivity index (χ1v) is 11.2. The molecular formula is C22H22N4O3S. The van der Waals surface area contributed by atoms with E-state index in [0.29, 0.717) is 18.7 Å². The number of nitrogens with zero attached hydrogens (tertiary/aromatic N) is 3. The van der Waals surface area contributed by atoms with E-state index in [4.69, 9.17) is 10.00 Å². The molecule has 3 aromatic rings. The van der Waals surface area contributed by atoms with E-state index in [2.05, 4.69) is 10.2 Å². The summed E-state index contributed by atoms with van der Waals surface area (Å²) in [6, 6.07) is 17.8. The van der Waals surface area contributed by atoms with Crippen molar-refractivity contribution in [1.29, 1.82) is 5.26 Å². The van der Waals surface area contributed by atoms with Gasteiger partial charge in [0.25, 0.3) is 0 Å². The number of rotatable bonds is 5. The Morgan fingerprint density at radius 2 is 1.87 bits per heavy atom. The van der Waals surface area contributed by atoms with E-state index in [1.54, 1.807) is 7.11 Å². The van der Waals surface area contributed by atoms with Gasteiger partial charge in [0.15, 0.2) is 0 Å². The fraction of sp³-hybridized carbons (Fsp3) is 0.273. The van der Waals surface area contributed by atoms with Crippen molar-refractivity contribution in [3.8, 4) is 23.1 Å². The highest BCUT2D eigenvalue weighted by atomic mass is 32.2. The van der Waals surface area contributed by atoms with E-state index in [1.165, 1.54) is 28.6 Å². The molecule has 4 rings (SSSR count). The largest absolute Gasteiger partial charge is 0.497 e. The minimum absolute atomic E-state index is 0.224. The van der Waals surface area contributed by atoms with Gasteiger partial charge in [-0.15, -0.1) is 0 Å². The number of nitrogens with one attached hydrogen (secondary N) is 1. The van der Waals surface area contributed by atoms with E-state index in [0.717, 1.165) is 35.5 Å². The lowest BCUT2D eigenvalue weighted by atomic mass is 9.94. The number of hydrogen-bond acceptors (Lipinski definition) is 5. The first-order chi connectivity index (χ1) is 14.5. The van der Waals surface area contributed by atoms with Gasteiger partial charge in [-0.05, 0) is 55.3 Å². The number of methoxy groups -OCH3 is 1. The summed E-state index contributed by atoms with van der Waals surface area (Å²) in [6.45, 7) is 0.890. The summed E-state index contributed by atoms with van der Waals surface area (Å²) in [5.74, 6) is 1.00. The molecule has 1 aromatic heterocycles. The molecule has 0 atom stereocenters. The van der Waals surface area contributed by atoms with Gasteiger partial charge in [0.1, 0.15) is 5.75 Å². The van der Waals surface area contributed by atoms with Crippen molar-refractivity contribution in [1.82, 2.24) is 14.5 Å². The van der Waals surface area contributed by atoms with Gasteiger partial charge < -0.3 is 4.74 Å². The number of hydrogen-bond donors (Lipinski definition) is 1. The Hall–Kier alpha value is -3.15. The Balaban J connectivity index is 1.44. The molecule has 2 aromatic carbocycles. The second kappa shape index (κ2) is 8.30. The predicted molar refractivity (Wildman–Crippen MR) is 112 cm³/mol. The van der Waals surface area contributed by atoms with E-state index in [-0.39, 0.29) is 10.8 Å². The Morgan fingerprint density at radius 3 is 2.53 bits per heavy atom. The normalized spacial score (nSPS) is 15.6. The molecule has 1 fully saturated rings. The summed E-state index contributed by atoms with van der Waals surface area (Å²) in [5.41, 5.74) is 3.27. The number of piperidine rings is 1. The van der Waals surface area contributed by atoms with Gasteiger partial charge in [-0.3, -0.25) is 5.10 Å². The smallest absolute Gasteiger partial charge is 0.243 e. The molecule has 1 aliphatic rings. The molecule has 0 radical (unpaired) electrons. The molecule has 0 amide bonds. The van der Waals surface area contributed by atoms with Crippen LogP contribution in [0.25, 0.3) is 11.3 Å². The topological polar surface area (TPSA) is 99.1 Å². The fourth-order valence-electron chi connectivity index (χ4n) is 3.73. The quantitative estimate of drug-likeness (QED) is 0.678. The lowest BCUT2D eigenvalue weighted by Crippen LogP contribution is -2.37. The summed E-state index contributed by atoms with van der Waals surface area (Å²) in [6.07, 6.45) is 1.44. The van der Waals surface area contributed by atoms with Crippen LogP contribution >= 0.6 is 0 Å². The maximum absolute atomic E-state index is 12.9. The summed E-state index contributed by atoms with van der Waals surface area (Å²) < 4.78 is 32.6. The molecule has 154 valence electrons. The van der Waals surface area contributed by atoms with E-state index in [1.807, 2.05) is 36.4 Å². The third-order valence-corrected chi connectivity index (χ3v) is 7.39. The van der Waals surface area contributed by atoms with Crippen LogP contribution in [0.1, 0.15) is 30.0 Å². The van der Waals surface area contributed by atoms with Crippen molar-refractivity contribution in [3.63, 3.8) is 0 Å². The molecule has 0 spiro atoms. The number of nitriles is 1. The molecule has 1 saturated heterocycles. The van der Waals surface area contributed by atoms with Crippen LogP contribution in [-0.2, 0) is 10.0 Å². The Labute approximate surface area is 176 Å². The van der Waals surface area contributed by atoms with Gasteiger partial charge in [-0.2, -0.15) is 14.7 Å². The van der Waals surface area contributed by atoms with Crippen molar-refractivity contribution < 1.29 is 13.2 Å². The van der Waals surface area contributed by atoms with Gasteiger partial charge in [0.2, 0.25) is 10.0 Å². The Kier molecular flexibility index (Phi) is 5.57. The summed E-state index contributed by atoms with van der Waals surface area (Å²) in [5, 5.41) is 16.4. The standard InChI is InChI=1S/C22H22N4O3S/c1-29-19-4-2-3-18(13-19)22-14-21(24-25-22)17-9-11-26(12-10-17)30(27,28)20-7-5-16(15-23)6-8-20/h2-8,13-14,17H,9-12H2,1H3,(H,24,25). The zero-order chi connectivity index (χ0) is 21.1. The van der Waals surface area contributed by atoms with Gasteiger partial charge in [0.05, 0.1) is 29.3 Å². The molecule has 0 aliphatic carbocycles. The van der Waals surface area contributed by atoms with E-state index in [9.17, 15) is 8.42 Å². The molecule has 30 heavy (non-hydrogen) atoms. The molecule has 1 N–H and O–H groups in total. The van der Waals surface area contributed by atoms with E-state index < -0.39 is 10.0 Å². The molecule has 8 heteroatoms. The number of aromatic amines is 1. The van der Waals surface area contributed by atoms with Crippen LogP contribution in [0.5, 0.6) is 5.75 Å². The highest BCUT2D eigenvalue weighted by molar-refractivity contribution is 7.89. The van der Waals surface area contributed by atoms with Crippen LogP contribution in [0, 0.1) is 11.3 Å². The highest BCUT2D eigenvalue weighted by Gasteiger charge is 2.30. The summed E-state index contributed by atoms with van der Waals surface area (Å²) in [4.78, 5) is 0.224. The number of H-pyrrole nitrogens is 1. The molecule has 1 aliphatic heterocycles. The predicted octanol–water partition coefficient (Wildman–Crippen LogP) is 3.53. The van der Waals surface area contributed by atoms with Crippen LogP contribution in [-0.4, -0.2) is 43.1 Å². The van der Waals surface area contributed by atoms with Crippen molar-refractivity contribution in [2.75, 3.05) is 20.2 Å². The minimum Gasteiger partial charge on any atom is -0.497 e. The average molecular weight is 423 g/mol. The van der Waals surface area contributed by atoms with Gasteiger partial charge >= 0.3 is 0 Å². The van der Waals surface area contributed by atoms with Crippen molar-refractivity contribution in [3.05, 3.63) is 65.9 Å². The van der Waals surface area contributed by atoms with Crippen molar-refractivity contribution >= 4 is 10.0 Å². The maximum Gasteiger partial charge on any atom is 0.243 e. The lowest BCUT2D eigenvalue weighted by Gasteiger charge is -2.30. The zero-order valence-electron chi connectivity index (χ0n) is 16.6. The van der Waals surface area contributed by atoms with Gasteiger partial charge in [-0.1, -0.05) is 12.1 Å². The summed E-state index contributed by atoms with van der Waals surface area (Å²) in [7, 11) is -1.92. The lowest BCUT2D eigenvalue weighted by molar-refractivity contribution is 0.316. The monoisotopic (exact) mass is 422 g/mol. The number of ether oxygens (including phenoxy) is 1. The van der Waals surface area contributed by atoms with Crippen LogP contribution < -0.4 is 4.74 Å². The SMILES string of the molecule is COc1cccc(-c2cc(C3CCN(S(=O)(=O)c4ccc(C#N)cc4)CC3)[nH]n2)c1. The van der Waals surface area contributed by atoms with Crippen molar-refractivity contribution in [2.45, 2.75) is 23.7 Å². The first-order valence-electron chi connectivity index (χ1n) is 9.71. The zero-order valence-corrected chi connectivity index (χ0v) is 17.4. The third kappa shape index (κ3) is 3.95. The van der Waals surface area contributed by atoms with Crippen LogP contribution in [0.3, 0.4) is 0 Å². The van der Waals surface area contributed by atoms with Crippen molar-refractivity contribution in [2.24, 2.45) is 0 Å². The highest BCUT2D eigenvalue weighted by Crippen LogP contribution is 2.32. The molecule has 0 bridgehead atoms. The summed E-state index contributed by atoms with van der Waals surface area (Å²) >= 11 is 0. The Bertz CT molecular complexity index is 1170. The fourth-order valence-corrected chi connectivity index (χ4v) is 5.20. The number of sulfonamides is 1.